The summed E-state index contributed by atoms with van der Waals surface area (Å²) >= 11 is 0. The van der Waals surface area contributed by atoms with Gasteiger partial charge >= 0.3 is 29.8 Å². The third-order valence-corrected chi connectivity index (χ3v) is 7.89. The quantitative estimate of drug-likeness (QED) is 0.0338. The highest BCUT2D eigenvalue weighted by atomic mass is 16.7. The summed E-state index contributed by atoms with van der Waals surface area (Å²) in [6, 6.07) is 24.1. The molecule has 0 saturated carbocycles. The summed E-state index contributed by atoms with van der Waals surface area (Å²) in [5, 5.41) is 2.91. The Labute approximate surface area is 310 Å². The van der Waals surface area contributed by atoms with Gasteiger partial charge in [0.15, 0.2) is 0 Å². The fourth-order valence-corrected chi connectivity index (χ4v) is 5.14. The van der Waals surface area contributed by atoms with Crippen LogP contribution < -0.4 is 18.9 Å². The van der Waals surface area contributed by atoms with Gasteiger partial charge in [-0.2, -0.15) is 0 Å². The summed E-state index contributed by atoms with van der Waals surface area (Å²) < 4.78 is 38.0. The molecule has 12 nitrogen and oxygen atoms in total. The van der Waals surface area contributed by atoms with Gasteiger partial charge in [-0.3, -0.25) is 0 Å². The van der Waals surface area contributed by atoms with Gasteiger partial charge in [0.2, 0.25) is 12.6 Å². The smallest absolute Gasteiger partial charge is 0.343 e. The van der Waals surface area contributed by atoms with Gasteiger partial charge in [-0.1, -0.05) is 51.3 Å². The number of esters is 5. The lowest BCUT2D eigenvalue weighted by atomic mass is 10.1. The monoisotopic (exact) mass is 732 g/mol. The zero-order valence-corrected chi connectivity index (χ0v) is 29.7. The molecule has 12 heteroatoms. The van der Waals surface area contributed by atoms with E-state index in [1.165, 1.54) is 25.3 Å². The van der Waals surface area contributed by atoms with Gasteiger partial charge in [-0.15, -0.1) is 0 Å². The number of methoxy groups -OCH3 is 1. The first-order chi connectivity index (χ1) is 26.0. The number of ether oxygens (including phenoxy) is 7. The summed E-state index contributed by atoms with van der Waals surface area (Å²) in [4.78, 5) is 62.3. The molecule has 0 aliphatic rings. The molecule has 0 aromatic heterocycles. The first-order valence-corrected chi connectivity index (χ1v) is 16.8. The second-order valence-corrected chi connectivity index (χ2v) is 11.6. The Hall–Kier alpha value is -6.95. The van der Waals surface area contributed by atoms with Crippen LogP contribution in [0.3, 0.4) is 0 Å². The number of fused-ring (bicyclic) bond motifs is 2. The first kappa shape index (κ1) is 38.3. The van der Waals surface area contributed by atoms with Gasteiger partial charge in [0.05, 0.1) is 18.2 Å². The molecule has 0 amide bonds. The predicted molar refractivity (Wildman–Crippen MR) is 198 cm³/mol. The van der Waals surface area contributed by atoms with Gasteiger partial charge in [0.1, 0.15) is 28.6 Å². The lowest BCUT2D eigenvalue weighted by molar-refractivity contribution is -0.158. The molecule has 54 heavy (non-hydrogen) atoms. The van der Waals surface area contributed by atoms with Crippen LogP contribution in [0.5, 0.6) is 23.0 Å². The maximum Gasteiger partial charge on any atom is 0.343 e. The molecule has 0 bridgehead atoms. The topological polar surface area (TPSA) is 150 Å². The van der Waals surface area contributed by atoms with E-state index in [2.05, 4.69) is 13.2 Å². The predicted octanol–water partition coefficient (Wildman–Crippen LogP) is 7.91. The van der Waals surface area contributed by atoms with Crippen LogP contribution in [0.25, 0.3) is 21.5 Å². The SMILES string of the molecule is C=CC(=O)OC(CC)Oc1ccc2cc(C(=O)Oc3ccc(OC(=O)c4ccc5cc(OC(CC)OC(=O)C=C)ccc5c4)c(C(=O)OC)c3)ccc2c1. The van der Waals surface area contributed by atoms with Crippen molar-refractivity contribution in [2.24, 2.45) is 0 Å². The number of hydrogen-bond acceptors (Lipinski definition) is 12. The van der Waals surface area contributed by atoms with Crippen LogP contribution in [-0.4, -0.2) is 49.5 Å². The number of benzene rings is 5. The molecule has 0 aliphatic heterocycles. The minimum absolute atomic E-state index is 0.0111. The van der Waals surface area contributed by atoms with Gasteiger partial charge in [0.25, 0.3) is 0 Å². The Kier molecular flexibility index (Phi) is 12.4. The molecule has 0 aliphatic carbocycles. The summed E-state index contributed by atoms with van der Waals surface area (Å²) in [6.07, 6.45) is 1.37. The molecule has 2 unspecified atom stereocenters. The van der Waals surface area contributed by atoms with Gasteiger partial charge in [-0.05, 0) is 88.3 Å². The van der Waals surface area contributed by atoms with Gasteiger partial charge in [0, 0.05) is 25.0 Å². The Morgan fingerprint density at radius 1 is 0.556 bits per heavy atom. The molecule has 0 saturated heterocycles. The van der Waals surface area contributed by atoms with E-state index >= 15 is 0 Å². The average molecular weight is 733 g/mol. The third kappa shape index (κ3) is 9.48. The fourth-order valence-electron chi connectivity index (χ4n) is 5.14. The van der Waals surface area contributed by atoms with Crippen molar-refractivity contribution in [2.75, 3.05) is 7.11 Å². The Morgan fingerprint density at radius 3 is 1.46 bits per heavy atom. The molecule has 0 heterocycles. The number of carbonyl (C=O) groups is 5. The minimum atomic E-state index is -0.820. The molecule has 0 fully saturated rings. The largest absolute Gasteiger partial charge is 0.465 e. The molecule has 5 aromatic carbocycles. The van der Waals surface area contributed by atoms with Crippen LogP contribution in [0, 0.1) is 0 Å². The highest BCUT2D eigenvalue weighted by molar-refractivity contribution is 6.00. The van der Waals surface area contributed by atoms with Crippen LogP contribution in [0.2, 0.25) is 0 Å². The molecular formula is C42H36O12. The highest BCUT2D eigenvalue weighted by Crippen LogP contribution is 2.29. The normalized spacial score (nSPS) is 11.8. The van der Waals surface area contributed by atoms with Crippen LogP contribution in [-0.2, 0) is 23.8 Å². The highest BCUT2D eigenvalue weighted by Gasteiger charge is 2.21. The zero-order valence-electron chi connectivity index (χ0n) is 29.7. The van der Waals surface area contributed by atoms with Crippen LogP contribution in [0.1, 0.15) is 57.8 Å². The van der Waals surface area contributed by atoms with Crippen LogP contribution in [0.4, 0.5) is 0 Å². The van der Waals surface area contributed by atoms with Crippen molar-refractivity contribution in [3.63, 3.8) is 0 Å². The number of hydrogen-bond donors (Lipinski definition) is 0. The third-order valence-electron chi connectivity index (χ3n) is 7.89. The average Bonchev–Trinajstić information content (AvgIpc) is 3.19. The van der Waals surface area contributed by atoms with Crippen molar-refractivity contribution >= 4 is 51.4 Å². The van der Waals surface area contributed by atoms with Crippen molar-refractivity contribution in [3.05, 3.63) is 133 Å². The fraction of sp³-hybridized carbons (Fsp3) is 0.167. The van der Waals surface area contributed by atoms with Crippen molar-refractivity contribution in [3.8, 4) is 23.0 Å². The second-order valence-electron chi connectivity index (χ2n) is 11.6. The zero-order chi connectivity index (χ0) is 38.8. The van der Waals surface area contributed by atoms with E-state index in [1.807, 2.05) is 13.8 Å². The maximum atomic E-state index is 13.2. The van der Waals surface area contributed by atoms with E-state index in [4.69, 9.17) is 33.2 Å². The van der Waals surface area contributed by atoms with Gasteiger partial charge in [-0.25, -0.2) is 24.0 Å². The summed E-state index contributed by atoms with van der Waals surface area (Å²) in [7, 11) is 1.17. The Morgan fingerprint density at radius 2 is 1.00 bits per heavy atom. The van der Waals surface area contributed by atoms with Crippen molar-refractivity contribution in [2.45, 2.75) is 39.3 Å². The lowest BCUT2D eigenvalue weighted by Crippen LogP contribution is -2.22. The van der Waals surface area contributed by atoms with Crippen LogP contribution >= 0.6 is 0 Å². The maximum absolute atomic E-state index is 13.2. The van der Waals surface area contributed by atoms with Gasteiger partial charge < -0.3 is 33.2 Å². The molecule has 5 rings (SSSR count). The first-order valence-electron chi connectivity index (χ1n) is 16.8. The molecular weight excluding hydrogens is 696 g/mol. The molecule has 0 N–H and O–H groups in total. The van der Waals surface area contributed by atoms with Crippen LogP contribution in [0.15, 0.2) is 116 Å². The number of carbonyl (C=O) groups excluding carboxylic acids is 5. The minimum Gasteiger partial charge on any atom is -0.465 e. The lowest BCUT2D eigenvalue weighted by Gasteiger charge is -2.17. The Balaban J connectivity index is 1.28. The second kappa shape index (κ2) is 17.5. The van der Waals surface area contributed by atoms with E-state index in [0.29, 0.717) is 35.1 Å². The van der Waals surface area contributed by atoms with Crippen molar-refractivity contribution < 1.29 is 57.1 Å². The van der Waals surface area contributed by atoms with Crippen molar-refractivity contribution in [1.29, 1.82) is 0 Å². The molecule has 276 valence electrons. The molecule has 0 radical (unpaired) electrons. The molecule has 5 aromatic rings. The summed E-state index contributed by atoms with van der Waals surface area (Å²) in [5.74, 6) is -2.63. The van der Waals surface area contributed by atoms with E-state index in [0.717, 1.165) is 22.9 Å². The van der Waals surface area contributed by atoms with E-state index in [1.54, 1.807) is 72.8 Å². The summed E-state index contributed by atoms with van der Waals surface area (Å²) in [6.45, 7) is 10.4. The Bertz CT molecular complexity index is 2260. The summed E-state index contributed by atoms with van der Waals surface area (Å²) in [5.41, 5.74) is 0.288. The standard InChI is InChI=1S/C42H36O12/c1-6-36(43)53-38(8-3)49-31-16-14-25-20-29(12-10-27(25)22-31)40(45)51-33-18-19-35(34(24-33)42(47)48-5)52-41(46)30-13-11-28-23-32(17-15-26(28)21-30)50-39(9-4)54-37(44)7-2/h6-7,10-24,38-39H,1-2,8-9H2,3-5H3. The van der Waals surface area contributed by atoms with E-state index < -0.39 is 42.4 Å². The number of rotatable bonds is 15. The molecule has 0 spiro atoms. The van der Waals surface area contributed by atoms with E-state index in [-0.39, 0.29) is 28.2 Å². The molecule has 2 atom stereocenters. The van der Waals surface area contributed by atoms with Crippen molar-refractivity contribution in [1.82, 2.24) is 0 Å². The van der Waals surface area contributed by atoms with E-state index in [9.17, 15) is 24.0 Å².